The molecule has 0 spiro atoms. The molecule has 0 amide bonds. The standard InChI is InChI=1S/C16H25N3/c1-14-6-7-15-4-2-3-5-16(15)19(14)13-12-18-10-8-17-9-11-18/h2-5,14,17H,6-13H2,1H3. The quantitative estimate of drug-likeness (QED) is 0.892. The lowest BCUT2D eigenvalue weighted by Crippen LogP contribution is -2.48. The molecule has 1 aromatic rings. The zero-order valence-corrected chi connectivity index (χ0v) is 11.9. The summed E-state index contributed by atoms with van der Waals surface area (Å²) in [6.07, 6.45) is 2.53. The van der Waals surface area contributed by atoms with E-state index in [4.69, 9.17) is 0 Å². The summed E-state index contributed by atoms with van der Waals surface area (Å²) in [6, 6.07) is 9.61. The van der Waals surface area contributed by atoms with E-state index in [1.807, 2.05) is 0 Å². The van der Waals surface area contributed by atoms with Crippen LogP contribution in [0.15, 0.2) is 24.3 Å². The SMILES string of the molecule is CC1CCc2ccccc2N1CCN1CCNCC1. The molecule has 0 aromatic heterocycles. The van der Waals surface area contributed by atoms with Gasteiger partial charge in [-0.05, 0) is 31.4 Å². The van der Waals surface area contributed by atoms with E-state index in [1.165, 1.54) is 43.7 Å². The summed E-state index contributed by atoms with van der Waals surface area (Å²) in [5, 5.41) is 3.42. The zero-order chi connectivity index (χ0) is 13.1. The number of benzene rings is 1. The molecular weight excluding hydrogens is 234 g/mol. The molecule has 1 N–H and O–H groups in total. The molecule has 19 heavy (non-hydrogen) atoms. The third-order valence-electron chi connectivity index (χ3n) is 4.53. The summed E-state index contributed by atoms with van der Waals surface area (Å²) in [4.78, 5) is 5.20. The van der Waals surface area contributed by atoms with Crippen molar-refractivity contribution < 1.29 is 0 Å². The summed E-state index contributed by atoms with van der Waals surface area (Å²) in [6.45, 7) is 9.41. The zero-order valence-electron chi connectivity index (χ0n) is 11.9. The highest BCUT2D eigenvalue weighted by Gasteiger charge is 2.23. The normalized spacial score (nSPS) is 24.3. The first-order valence-electron chi connectivity index (χ1n) is 7.62. The van der Waals surface area contributed by atoms with Crippen LogP contribution in [0.3, 0.4) is 0 Å². The van der Waals surface area contributed by atoms with Crippen LogP contribution in [0.25, 0.3) is 0 Å². The number of nitrogens with one attached hydrogen (secondary N) is 1. The molecule has 1 aromatic carbocycles. The summed E-state index contributed by atoms with van der Waals surface area (Å²) in [5.41, 5.74) is 3.00. The molecule has 1 unspecified atom stereocenters. The molecule has 3 heteroatoms. The van der Waals surface area contributed by atoms with Crippen LogP contribution in [-0.2, 0) is 6.42 Å². The fraction of sp³-hybridized carbons (Fsp3) is 0.625. The Morgan fingerprint density at radius 3 is 2.79 bits per heavy atom. The van der Waals surface area contributed by atoms with Crippen molar-refractivity contribution in [2.75, 3.05) is 44.2 Å². The smallest absolute Gasteiger partial charge is 0.0401 e. The van der Waals surface area contributed by atoms with Crippen LogP contribution in [0.2, 0.25) is 0 Å². The number of anilines is 1. The maximum absolute atomic E-state index is 3.42. The Bertz CT molecular complexity index is 412. The first-order chi connectivity index (χ1) is 9.34. The van der Waals surface area contributed by atoms with E-state index in [-0.39, 0.29) is 0 Å². The fourth-order valence-corrected chi connectivity index (χ4v) is 3.28. The van der Waals surface area contributed by atoms with Crippen molar-refractivity contribution in [1.29, 1.82) is 0 Å². The van der Waals surface area contributed by atoms with Gasteiger partial charge in [-0.1, -0.05) is 18.2 Å². The van der Waals surface area contributed by atoms with Crippen molar-refractivity contribution in [2.24, 2.45) is 0 Å². The molecule has 104 valence electrons. The maximum atomic E-state index is 3.42. The molecule has 2 aliphatic rings. The number of para-hydroxylation sites is 1. The van der Waals surface area contributed by atoms with E-state index >= 15 is 0 Å². The predicted molar refractivity (Wildman–Crippen MR) is 80.9 cm³/mol. The lowest BCUT2D eigenvalue weighted by molar-refractivity contribution is 0.243. The largest absolute Gasteiger partial charge is 0.367 e. The van der Waals surface area contributed by atoms with E-state index in [1.54, 1.807) is 0 Å². The van der Waals surface area contributed by atoms with Gasteiger partial charge in [0.25, 0.3) is 0 Å². The molecule has 0 bridgehead atoms. The molecule has 0 aliphatic carbocycles. The van der Waals surface area contributed by atoms with E-state index in [2.05, 4.69) is 46.3 Å². The van der Waals surface area contributed by atoms with Crippen molar-refractivity contribution in [3.63, 3.8) is 0 Å². The van der Waals surface area contributed by atoms with E-state index in [0.717, 1.165) is 19.6 Å². The fourth-order valence-electron chi connectivity index (χ4n) is 3.28. The minimum atomic E-state index is 0.679. The maximum Gasteiger partial charge on any atom is 0.0401 e. The highest BCUT2D eigenvalue weighted by atomic mass is 15.2. The van der Waals surface area contributed by atoms with Gasteiger partial charge in [0.1, 0.15) is 0 Å². The Morgan fingerprint density at radius 2 is 1.95 bits per heavy atom. The van der Waals surface area contributed by atoms with Crippen molar-refractivity contribution >= 4 is 5.69 Å². The number of aryl methyl sites for hydroxylation is 1. The number of piperazine rings is 1. The molecule has 2 aliphatic heterocycles. The number of fused-ring (bicyclic) bond motifs is 1. The summed E-state index contributed by atoms with van der Waals surface area (Å²) < 4.78 is 0. The first kappa shape index (κ1) is 12.9. The van der Waals surface area contributed by atoms with Gasteiger partial charge in [0.15, 0.2) is 0 Å². The summed E-state index contributed by atoms with van der Waals surface area (Å²) >= 11 is 0. The molecule has 0 saturated carbocycles. The number of hydrogen-bond donors (Lipinski definition) is 1. The Labute approximate surface area is 116 Å². The van der Waals surface area contributed by atoms with Gasteiger partial charge < -0.3 is 10.2 Å². The number of hydrogen-bond acceptors (Lipinski definition) is 3. The van der Waals surface area contributed by atoms with Crippen LogP contribution in [0.1, 0.15) is 18.9 Å². The van der Waals surface area contributed by atoms with Gasteiger partial charge in [0.05, 0.1) is 0 Å². The molecule has 1 saturated heterocycles. The van der Waals surface area contributed by atoms with Gasteiger partial charge in [-0.15, -0.1) is 0 Å². The number of rotatable bonds is 3. The molecule has 1 atom stereocenters. The molecule has 3 rings (SSSR count). The molecule has 0 radical (unpaired) electrons. The number of nitrogens with zero attached hydrogens (tertiary/aromatic N) is 2. The third kappa shape index (κ3) is 2.93. The second-order valence-corrected chi connectivity index (χ2v) is 5.80. The highest BCUT2D eigenvalue weighted by molar-refractivity contribution is 5.56. The van der Waals surface area contributed by atoms with Crippen molar-refractivity contribution in [1.82, 2.24) is 10.2 Å². The minimum absolute atomic E-state index is 0.679. The molecular formula is C16H25N3. The Balaban J connectivity index is 1.65. The minimum Gasteiger partial charge on any atom is -0.367 e. The molecule has 1 fully saturated rings. The average molecular weight is 259 g/mol. The second kappa shape index (κ2) is 5.93. The van der Waals surface area contributed by atoms with Gasteiger partial charge in [0, 0.05) is 51.0 Å². The summed E-state index contributed by atoms with van der Waals surface area (Å²) in [5.74, 6) is 0. The van der Waals surface area contributed by atoms with Crippen LogP contribution in [0.4, 0.5) is 5.69 Å². The molecule has 2 heterocycles. The highest BCUT2D eigenvalue weighted by Crippen LogP contribution is 2.29. The van der Waals surface area contributed by atoms with Gasteiger partial charge >= 0.3 is 0 Å². The lowest BCUT2D eigenvalue weighted by Gasteiger charge is -2.39. The molecule has 3 nitrogen and oxygen atoms in total. The van der Waals surface area contributed by atoms with Crippen LogP contribution in [0, 0.1) is 0 Å². The third-order valence-corrected chi connectivity index (χ3v) is 4.53. The van der Waals surface area contributed by atoms with E-state index in [0.29, 0.717) is 6.04 Å². The first-order valence-corrected chi connectivity index (χ1v) is 7.62. The lowest BCUT2D eigenvalue weighted by atomic mass is 9.97. The van der Waals surface area contributed by atoms with Crippen LogP contribution in [0.5, 0.6) is 0 Å². The van der Waals surface area contributed by atoms with Gasteiger partial charge in [-0.2, -0.15) is 0 Å². The monoisotopic (exact) mass is 259 g/mol. The summed E-state index contributed by atoms with van der Waals surface area (Å²) in [7, 11) is 0. The van der Waals surface area contributed by atoms with Crippen molar-refractivity contribution in [3.8, 4) is 0 Å². The average Bonchev–Trinajstić information content (AvgIpc) is 2.47. The van der Waals surface area contributed by atoms with E-state index < -0.39 is 0 Å². The van der Waals surface area contributed by atoms with Crippen molar-refractivity contribution in [2.45, 2.75) is 25.8 Å². The second-order valence-electron chi connectivity index (χ2n) is 5.80. The van der Waals surface area contributed by atoms with Crippen LogP contribution < -0.4 is 10.2 Å². The van der Waals surface area contributed by atoms with Gasteiger partial charge in [-0.3, -0.25) is 4.90 Å². The van der Waals surface area contributed by atoms with Crippen molar-refractivity contribution in [3.05, 3.63) is 29.8 Å². The topological polar surface area (TPSA) is 18.5 Å². The van der Waals surface area contributed by atoms with Gasteiger partial charge in [-0.25, -0.2) is 0 Å². The Morgan fingerprint density at radius 1 is 1.16 bits per heavy atom. The van der Waals surface area contributed by atoms with Crippen LogP contribution in [-0.4, -0.2) is 50.2 Å². The Hall–Kier alpha value is -1.06. The van der Waals surface area contributed by atoms with Crippen LogP contribution >= 0.6 is 0 Å². The Kier molecular flexibility index (Phi) is 4.04. The predicted octanol–water partition coefficient (Wildman–Crippen LogP) is 1.73. The van der Waals surface area contributed by atoms with Gasteiger partial charge in [0.2, 0.25) is 0 Å². The van der Waals surface area contributed by atoms with E-state index in [9.17, 15) is 0 Å².